The quantitative estimate of drug-likeness (QED) is 0.658. The zero-order valence-corrected chi connectivity index (χ0v) is 16.9. The summed E-state index contributed by atoms with van der Waals surface area (Å²) in [5.41, 5.74) is 1.72. The van der Waals surface area contributed by atoms with Crippen molar-refractivity contribution in [3.8, 4) is 5.75 Å². The summed E-state index contributed by atoms with van der Waals surface area (Å²) in [5.74, 6) is 1.19. The van der Waals surface area contributed by atoms with Crippen LogP contribution in [0.25, 0.3) is 0 Å². The maximum Gasteiger partial charge on any atom is 0.308 e. The molecule has 0 aliphatic carbocycles. The smallest absolute Gasteiger partial charge is 0.308 e. The zero-order chi connectivity index (χ0) is 19.8. The Bertz CT molecular complexity index is 1070. The number of aromatic nitrogens is 1. The molecule has 0 spiro atoms. The van der Waals surface area contributed by atoms with Crippen LogP contribution in [-0.2, 0) is 11.8 Å². The third kappa shape index (κ3) is 3.14. The highest BCUT2D eigenvalue weighted by Crippen LogP contribution is 2.46. The van der Waals surface area contributed by atoms with E-state index in [1.54, 1.807) is 16.5 Å². The Morgan fingerprint density at radius 2 is 1.71 bits per heavy atom. The van der Waals surface area contributed by atoms with E-state index in [0.29, 0.717) is 12.2 Å². The van der Waals surface area contributed by atoms with Gasteiger partial charge >= 0.3 is 4.87 Å². The summed E-state index contributed by atoms with van der Waals surface area (Å²) in [6.45, 7) is 3.96. The Kier molecular flexibility index (Phi) is 4.81. The molecule has 0 saturated heterocycles. The molecule has 0 bridgehead atoms. The second kappa shape index (κ2) is 7.28. The molecule has 3 aromatic rings. The van der Waals surface area contributed by atoms with Crippen molar-refractivity contribution >= 4 is 28.7 Å². The fourth-order valence-corrected chi connectivity index (χ4v) is 4.73. The van der Waals surface area contributed by atoms with Crippen LogP contribution in [0.3, 0.4) is 0 Å². The van der Waals surface area contributed by atoms with Crippen LogP contribution in [0.1, 0.15) is 36.6 Å². The normalized spacial score (nSPS) is 16.4. The molecule has 6 heteroatoms. The van der Waals surface area contributed by atoms with E-state index in [-0.39, 0.29) is 22.8 Å². The number of rotatable bonds is 4. The van der Waals surface area contributed by atoms with Crippen molar-refractivity contribution in [3.05, 3.63) is 74.7 Å². The Labute approximate surface area is 167 Å². The molecule has 0 fully saturated rings. The number of anilines is 2. The van der Waals surface area contributed by atoms with Gasteiger partial charge in [0.15, 0.2) is 0 Å². The lowest BCUT2D eigenvalue weighted by atomic mass is 9.89. The highest BCUT2D eigenvalue weighted by Gasteiger charge is 2.38. The molecule has 4 rings (SSSR count). The number of nitrogens with zero attached hydrogens (tertiary/aromatic N) is 2. The van der Waals surface area contributed by atoms with E-state index in [1.807, 2.05) is 68.4 Å². The van der Waals surface area contributed by atoms with E-state index in [4.69, 9.17) is 4.74 Å². The predicted octanol–water partition coefficient (Wildman–Crippen LogP) is 4.43. The largest absolute Gasteiger partial charge is 0.491 e. The van der Waals surface area contributed by atoms with Gasteiger partial charge in [0.25, 0.3) is 0 Å². The van der Waals surface area contributed by atoms with Gasteiger partial charge < -0.3 is 4.74 Å². The van der Waals surface area contributed by atoms with Crippen molar-refractivity contribution in [3.63, 3.8) is 0 Å². The Morgan fingerprint density at radius 3 is 2.43 bits per heavy atom. The van der Waals surface area contributed by atoms with Crippen molar-refractivity contribution in [2.45, 2.75) is 32.3 Å². The molecule has 144 valence electrons. The lowest BCUT2D eigenvalue weighted by Crippen LogP contribution is -2.34. The van der Waals surface area contributed by atoms with Crippen LogP contribution in [0, 0.1) is 0 Å². The van der Waals surface area contributed by atoms with Crippen LogP contribution < -0.4 is 14.5 Å². The molecule has 2 heterocycles. The van der Waals surface area contributed by atoms with Crippen molar-refractivity contribution < 1.29 is 9.53 Å². The van der Waals surface area contributed by atoms with Crippen molar-refractivity contribution in [2.75, 3.05) is 4.90 Å². The Morgan fingerprint density at radius 1 is 1.04 bits per heavy atom. The first-order chi connectivity index (χ1) is 13.5. The highest BCUT2D eigenvalue weighted by molar-refractivity contribution is 7.10. The van der Waals surface area contributed by atoms with E-state index in [2.05, 4.69) is 0 Å². The molecule has 1 aliphatic heterocycles. The topological polar surface area (TPSA) is 51.5 Å². The zero-order valence-electron chi connectivity index (χ0n) is 16.1. The van der Waals surface area contributed by atoms with Gasteiger partial charge in [0, 0.05) is 24.9 Å². The molecule has 0 saturated carbocycles. The number of hydrogen-bond donors (Lipinski definition) is 0. The minimum absolute atomic E-state index is 0.0234. The molecule has 1 unspecified atom stereocenters. The first kappa shape index (κ1) is 18.5. The first-order valence-corrected chi connectivity index (χ1v) is 10.1. The minimum atomic E-state index is -0.198. The van der Waals surface area contributed by atoms with Crippen LogP contribution in [0.2, 0.25) is 0 Å². The molecule has 0 radical (unpaired) electrons. The van der Waals surface area contributed by atoms with E-state index in [1.165, 1.54) is 11.3 Å². The van der Waals surface area contributed by atoms with E-state index in [0.717, 1.165) is 21.9 Å². The Hall–Kier alpha value is -2.86. The van der Waals surface area contributed by atoms with E-state index < -0.39 is 0 Å². The molecular weight excluding hydrogens is 372 g/mol. The lowest BCUT2D eigenvalue weighted by molar-refractivity contribution is -0.118. The van der Waals surface area contributed by atoms with Crippen molar-refractivity contribution in [1.82, 2.24) is 4.57 Å². The molecule has 5 nitrogen and oxygen atoms in total. The van der Waals surface area contributed by atoms with Crippen LogP contribution in [0.5, 0.6) is 5.75 Å². The molecule has 1 aromatic heterocycles. The summed E-state index contributed by atoms with van der Waals surface area (Å²) >= 11 is 1.21. The van der Waals surface area contributed by atoms with Crippen LogP contribution >= 0.6 is 11.3 Å². The second-order valence-electron chi connectivity index (χ2n) is 7.14. The summed E-state index contributed by atoms with van der Waals surface area (Å²) in [5, 5.41) is 0. The highest BCUT2D eigenvalue weighted by atomic mass is 32.1. The molecule has 28 heavy (non-hydrogen) atoms. The summed E-state index contributed by atoms with van der Waals surface area (Å²) in [6.07, 6.45) is 0.315. The number of para-hydroxylation sites is 2. The minimum Gasteiger partial charge on any atom is -0.491 e. The van der Waals surface area contributed by atoms with Crippen molar-refractivity contribution in [2.24, 2.45) is 7.05 Å². The number of ether oxygens (including phenoxy) is 1. The average molecular weight is 394 g/mol. The summed E-state index contributed by atoms with van der Waals surface area (Å²) < 4.78 is 7.56. The lowest BCUT2D eigenvalue weighted by Gasteiger charge is -2.32. The van der Waals surface area contributed by atoms with Gasteiger partial charge in [0.1, 0.15) is 11.6 Å². The first-order valence-electron chi connectivity index (χ1n) is 9.30. The molecule has 1 aliphatic rings. The summed E-state index contributed by atoms with van der Waals surface area (Å²) in [7, 11) is 1.72. The van der Waals surface area contributed by atoms with Gasteiger partial charge in [0.05, 0.1) is 16.7 Å². The summed E-state index contributed by atoms with van der Waals surface area (Å²) in [6, 6.07) is 17.3. The van der Waals surface area contributed by atoms with Gasteiger partial charge in [-0.2, -0.15) is 0 Å². The van der Waals surface area contributed by atoms with E-state index in [9.17, 15) is 9.59 Å². The van der Waals surface area contributed by atoms with Gasteiger partial charge in [-0.05, 0) is 32.0 Å². The van der Waals surface area contributed by atoms with Gasteiger partial charge in [-0.1, -0.05) is 47.7 Å². The number of fused-ring (bicyclic) bond motifs is 1. The fraction of sp³-hybridized carbons (Fsp3) is 0.273. The molecular formula is C22H22N2O3S. The van der Waals surface area contributed by atoms with Gasteiger partial charge in [-0.15, -0.1) is 0 Å². The van der Waals surface area contributed by atoms with Gasteiger partial charge in [-0.25, -0.2) is 0 Å². The van der Waals surface area contributed by atoms with Crippen LogP contribution in [-0.4, -0.2) is 16.6 Å². The predicted molar refractivity (Wildman–Crippen MR) is 112 cm³/mol. The molecule has 1 atom stereocenters. The van der Waals surface area contributed by atoms with Crippen LogP contribution in [0.4, 0.5) is 11.5 Å². The third-order valence-corrected chi connectivity index (χ3v) is 5.97. The Balaban J connectivity index is 1.88. The second-order valence-corrected chi connectivity index (χ2v) is 8.13. The number of hydrogen-bond acceptors (Lipinski definition) is 4. The average Bonchev–Trinajstić information content (AvgIpc) is 2.97. The molecule has 1 amide bonds. The molecule has 0 N–H and O–H groups in total. The fourth-order valence-electron chi connectivity index (χ4n) is 3.65. The van der Waals surface area contributed by atoms with Crippen LogP contribution in [0.15, 0.2) is 59.4 Å². The number of thiazole rings is 1. The standard InChI is InChI=1S/C22H22N2O3S/c1-14(2)27-18-12-8-7-11-16(18)17-13-19(25)24(15-9-5-4-6-10-15)21-20(17)28-22(26)23(21)3/h4-12,14,17H,13H2,1-3H3. The third-order valence-electron chi connectivity index (χ3n) is 4.84. The maximum absolute atomic E-state index is 13.2. The van der Waals surface area contributed by atoms with Gasteiger partial charge in [-0.3, -0.25) is 19.1 Å². The number of carbonyl (C=O) groups excluding carboxylic acids is 1. The number of benzene rings is 2. The summed E-state index contributed by atoms with van der Waals surface area (Å²) in [4.78, 5) is 28.2. The SMILES string of the molecule is CC(C)Oc1ccccc1C1CC(=O)N(c2ccccc2)c2c1sc(=O)n2C. The number of amides is 1. The van der Waals surface area contributed by atoms with E-state index >= 15 is 0 Å². The van der Waals surface area contributed by atoms with Gasteiger partial charge in [0.2, 0.25) is 5.91 Å². The maximum atomic E-state index is 13.2. The monoisotopic (exact) mass is 394 g/mol. The molecule has 2 aromatic carbocycles. The number of carbonyl (C=O) groups is 1. The van der Waals surface area contributed by atoms with Crippen molar-refractivity contribution in [1.29, 1.82) is 0 Å².